The fourth-order valence-electron chi connectivity index (χ4n) is 4.66. The molecule has 32 heavy (non-hydrogen) atoms. The molecule has 0 heterocycles. The van der Waals surface area contributed by atoms with E-state index in [0.29, 0.717) is 0 Å². The predicted molar refractivity (Wildman–Crippen MR) is 140 cm³/mol. The van der Waals surface area contributed by atoms with Gasteiger partial charge in [-0.05, 0) is 69.5 Å². The number of aryl methyl sites for hydroxylation is 2. The van der Waals surface area contributed by atoms with E-state index in [2.05, 4.69) is 84.9 Å². The SMILES string of the molecule is C(=Cc1ccccc1)c1ccccc1.c1ccc2c(c1)ccc1c3c(ccc12)CCCC3. The van der Waals surface area contributed by atoms with E-state index in [0.717, 1.165) is 0 Å². The zero-order valence-electron chi connectivity index (χ0n) is 18.4. The summed E-state index contributed by atoms with van der Waals surface area (Å²) in [5, 5.41) is 5.64. The van der Waals surface area contributed by atoms with Crippen LogP contribution in [0.4, 0.5) is 0 Å². The van der Waals surface area contributed by atoms with Gasteiger partial charge < -0.3 is 0 Å². The monoisotopic (exact) mass is 412 g/mol. The predicted octanol–water partition coefficient (Wildman–Crippen LogP) is 8.73. The molecule has 156 valence electrons. The quantitative estimate of drug-likeness (QED) is 0.201. The fourth-order valence-corrected chi connectivity index (χ4v) is 4.66. The van der Waals surface area contributed by atoms with E-state index in [4.69, 9.17) is 0 Å². The molecule has 1 aliphatic rings. The van der Waals surface area contributed by atoms with Crippen LogP contribution < -0.4 is 0 Å². The highest BCUT2D eigenvalue weighted by molar-refractivity contribution is 6.08. The van der Waals surface area contributed by atoms with Crippen molar-refractivity contribution in [3.05, 3.63) is 131 Å². The molecule has 0 atom stereocenters. The highest BCUT2D eigenvalue weighted by atomic mass is 14.2. The van der Waals surface area contributed by atoms with E-state index in [1.165, 1.54) is 58.4 Å². The Morgan fingerprint density at radius 3 is 1.75 bits per heavy atom. The summed E-state index contributed by atoms with van der Waals surface area (Å²) in [4.78, 5) is 0. The first-order chi connectivity index (χ1) is 15.9. The van der Waals surface area contributed by atoms with Gasteiger partial charge in [-0.3, -0.25) is 0 Å². The lowest BCUT2D eigenvalue weighted by Gasteiger charge is -2.18. The molecule has 0 aromatic heterocycles. The van der Waals surface area contributed by atoms with Crippen LogP contribution >= 0.6 is 0 Å². The Kier molecular flexibility index (Phi) is 6.12. The smallest absolute Gasteiger partial charge is 0.0102 e. The first-order valence-electron chi connectivity index (χ1n) is 11.6. The van der Waals surface area contributed by atoms with Crippen molar-refractivity contribution in [2.75, 3.05) is 0 Å². The van der Waals surface area contributed by atoms with Gasteiger partial charge in [-0.2, -0.15) is 0 Å². The van der Waals surface area contributed by atoms with Crippen LogP contribution in [0.15, 0.2) is 109 Å². The van der Waals surface area contributed by atoms with Crippen LogP contribution in [-0.2, 0) is 12.8 Å². The molecule has 0 saturated carbocycles. The Bertz CT molecular complexity index is 1300. The molecule has 6 rings (SSSR count). The number of hydrogen-bond acceptors (Lipinski definition) is 0. The Balaban J connectivity index is 0.000000140. The summed E-state index contributed by atoms with van der Waals surface area (Å²) in [6, 6.07) is 38.6. The molecule has 0 saturated heterocycles. The van der Waals surface area contributed by atoms with Gasteiger partial charge in [0.05, 0.1) is 0 Å². The van der Waals surface area contributed by atoms with Crippen LogP contribution in [0.1, 0.15) is 35.1 Å². The summed E-state index contributed by atoms with van der Waals surface area (Å²) in [6.07, 6.45) is 9.46. The van der Waals surface area contributed by atoms with E-state index in [-0.39, 0.29) is 0 Å². The molecule has 5 aromatic rings. The molecular weight excluding hydrogens is 384 g/mol. The van der Waals surface area contributed by atoms with Crippen LogP contribution in [-0.4, -0.2) is 0 Å². The van der Waals surface area contributed by atoms with E-state index in [9.17, 15) is 0 Å². The van der Waals surface area contributed by atoms with Crippen LogP contribution in [0.3, 0.4) is 0 Å². The van der Waals surface area contributed by atoms with Gasteiger partial charge in [0.1, 0.15) is 0 Å². The summed E-state index contributed by atoms with van der Waals surface area (Å²) < 4.78 is 0. The number of benzene rings is 5. The number of fused-ring (bicyclic) bond motifs is 5. The molecule has 0 aliphatic heterocycles. The maximum Gasteiger partial charge on any atom is -0.0102 e. The van der Waals surface area contributed by atoms with Gasteiger partial charge in [-0.1, -0.05) is 121 Å². The third-order valence-corrected chi connectivity index (χ3v) is 6.32. The molecule has 0 N–H and O–H groups in total. The van der Waals surface area contributed by atoms with Gasteiger partial charge in [0.25, 0.3) is 0 Å². The van der Waals surface area contributed by atoms with Crippen LogP contribution in [0.2, 0.25) is 0 Å². The number of hydrogen-bond donors (Lipinski definition) is 0. The lowest BCUT2D eigenvalue weighted by atomic mass is 9.86. The van der Waals surface area contributed by atoms with E-state index >= 15 is 0 Å². The minimum absolute atomic E-state index is 1.23. The van der Waals surface area contributed by atoms with E-state index in [1.54, 1.807) is 11.1 Å². The number of rotatable bonds is 2. The molecule has 0 nitrogen and oxygen atoms in total. The van der Waals surface area contributed by atoms with Crippen molar-refractivity contribution in [3.63, 3.8) is 0 Å². The molecule has 1 aliphatic carbocycles. The average molecular weight is 413 g/mol. The van der Waals surface area contributed by atoms with Gasteiger partial charge in [0.2, 0.25) is 0 Å². The summed E-state index contributed by atoms with van der Waals surface area (Å²) in [7, 11) is 0. The van der Waals surface area contributed by atoms with E-state index in [1.807, 2.05) is 36.4 Å². The Hall–Kier alpha value is -3.64. The van der Waals surface area contributed by atoms with Crippen LogP contribution in [0, 0.1) is 0 Å². The van der Waals surface area contributed by atoms with Crippen molar-refractivity contribution in [1.29, 1.82) is 0 Å². The maximum atomic E-state index is 2.35. The molecule has 0 bridgehead atoms. The molecule has 0 heteroatoms. The second-order valence-corrected chi connectivity index (χ2v) is 8.45. The zero-order valence-corrected chi connectivity index (χ0v) is 18.4. The third kappa shape index (κ3) is 4.50. The zero-order chi connectivity index (χ0) is 21.6. The Morgan fingerprint density at radius 1 is 0.438 bits per heavy atom. The molecule has 0 fully saturated rings. The summed E-state index contributed by atoms with van der Waals surface area (Å²) in [5.74, 6) is 0. The van der Waals surface area contributed by atoms with E-state index < -0.39 is 0 Å². The lowest BCUT2D eigenvalue weighted by Crippen LogP contribution is -2.02. The minimum Gasteiger partial charge on any atom is -0.0622 e. The highest BCUT2D eigenvalue weighted by Crippen LogP contribution is 2.33. The second-order valence-electron chi connectivity index (χ2n) is 8.45. The molecule has 0 amide bonds. The third-order valence-electron chi connectivity index (χ3n) is 6.32. The first kappa shape index (κ1) is 20.3. The van der Waals surface area contributed by atoms with Crippen molar-refractivity contribution in [3.8, 4) is 0 Å². The van der Waals surface area contributed by atoms with Gasteiger partial charge in [0.15, 0.2) is 0 Å². The molecule has 0 unspecified atom stereocenters. The fraction of sp³-hybridized carbons (Fsp3) is 0.125. The Labute approximate surface area is 190 Å². The summed E-state index contributed by atoms with van der Waals surface area (Å²) in [5.41, 5.74) is 5.64. The lowest BCUT2D eigenvalue weighted by molar-refractivity contribution is 0.690. The Morgan fingerprint density at radius 2 is 1.03 bits per heavy atom. The maximum absolute atomic E-state index is 2.35. The summed E-state index contributed by atoms with van der Waals surface area (Å²) in [6.45, 7) is 0. The molecule has 5 aromatic carbocycles. The topological polar surface area (TPSA) is 0 Å². The largest absolute Gasteiger partial charge is 0.0622 e. The highest BCUT2D eigenvalue weighted by Gasteiger charge is 2.13. The molecule has 0 radical (unpaired) electrons. The first-order valence-corrected chi connectivity index (χ1v) is 11.6. The van der Waals surface area contributed by atoms with Gasteiger partial charge in [0, 0.05) is 0 Å². The van der Waals surface area contributed by atoms with Crippen LogP contribution in [0.25, 0.3) is 33.7 Å². The minimum atomic E-state index is 1.23. The van der Waals surface area contributed by atoms with Gasteiger partial charge >= 0.3 is 0 Å². The molecular formula is C32H28. The van der Waals surface area contributed by atoms with Gasteiger partial charge in [-0.15, -0.1) is 0 Å². The standard InChI is InChI=1S/C18H16.C14H12/c1-3-7-15-13(5-1)9-11-18-16-8-4-2-6-14(16)10-12-17(15)18;1-3-7-13(8-4-1)11-12-14-9-5-2-6-10-14/h1,3,5,7,9-12H,2,4,6,8H2;1-12H. The second kappa shape index (κ2) is 9.66. The normalized spacial score (nSPS) is 13.0. The van der Waals surface area contributed by atoms with Crippen LogP contribution in [0.5, 0.6) is 0 Å². The van der Waals surface area contributed by atoms with Crippen molar-refractivity contribution in [1.82, 2.24) is 0 Å². The van der Waals surface area contributed by atoms with Crippen molar-refractivity contribution in [2.24, 2.45) is 0 Å². The average Bonchev–Trinajstić information content (AvgIpc) is 2.89. The van der Waals surface area contributed by atoms with Crippen molar-refractivity contribution < 1.29 is 0 Å². The molecule has 0 spiro atoms. The van der Waals surface area contributed by atoms with Crippen molar-refractivity contribution in [2.45, 2.75) is 25.7 Å². The van der Waals surface area contributed by atoms with Gasteiger partial charge in [-0.25, -0.2) is 0 Å². The summed E-state index contributed by atoms with van der Waals surface area (Å²) >= 11 is 0. The van der Waals surface area contributed by atoms with Crippen molar-refractivity contribution >= 4 is 33.7 Å².